The first-order valence-corrected chi connectivity index (χ1v) is 9.54. The van der Waals surface area contributed by atoms with Gasteiger partial charge in [-0.1, -0.05) is 17.7 Å². The number of hydrogen-bond donors (Lipinski definition) is 2. The summed E-state index contributed by atoms with van der Waals surface area (Å²) in [5.41, 5.74) is 4.42. The van der Waals surface area contributed by atoms with E-state index in [-0.39, 0.29) is 5.91 Å². The molecule has 0 atom stereocenters. The number of H-pyrrole nitrogens is 1. The number of aryl methyl sites for hydroxylation is 1. The number of halogens is 1. The maximum atomic E-state index is 12.6. The zero-order valence-corrected chi connectivity index (χ0v) is 15.4. The van der Waals surface area contributed by atoms with E-state index in [0.29, 0.717) is 16.4 Å². The minimum absolute atomic E-state index is 0.179. The highest BCUT2D eigenvalue weighted by Gasteiger charge is 2.22. The fourth-order valence-electron chi connectivity index (χ4n) is 3.61. The molecule has 1 aliphatic carbocycles. The predicted molar refractivity (Wildman–Crippen MR) is 101 cm³/mol. The lowest BCUT2D eigenvalue weighted by Gasteiger charge is -2.27. The second-order valence-corrected chi connectivity index (χ2v) is 7.29. The maximum Gasteiger partial charge on any atom is 0.276 e. The number of ether oxygens (including phenoxy) is 1. The summed E-state index contributed by atoms with van der Waals surface area (Å²) in [6, 6.07) is 5.69. The summed E-state index contributed by atoms with van der Waals surface area (Å²) in [6.45, 7) is 4.15. The van der Waals surface area contributed by atoms with Crippen LogP contribution in [0, 0.1) is 0 Å². The highest BCUT2D eigenvalue weighted by molar-refractivity contribution is 6.31. The van der Waals surface area contributed by atoms with Gasteiger partial charge in [-0.15, -0.1) is 0 Å². The number of carbonyl (C=O) groups is 1. The smallest absolute Gasteiger partial charge is 0.276 e. The summed E-state index contributed by atoms with van der Waals surface area (Å²) >= 11 is 6.44. The lowest BCUT2D eigenvalue weighted by atomic mass is 9.96. The maximum absolute atomic E-state index is 12.6. The molecule has 1 saturated heterocycles. The van der Waals surface area contributed by atoms with Gasteiger partial charge in [-0.3, -0.25) is 14.8 Å². The van der Waals surface area contributed by atoms with Crippen LogP contribution in [0.2, 0.25) is 5.02 Å². The number of nitrogens with one attached hydrogen (secondary N) is 2. The number of fused-ring (bicyclic) bond motifs is 1. The molecule has 26 heavy (non-hydrogen) atoms. The molecular formula is C19H23ClN4O2. The van der Waals surface area contributed by atoms with Crippen molar-refractivity contribution in [1.82, 2.24) is 15.1 Å². The normalized spacial score (nSPS) is 17.7. The molecule has 6 nitrogen and oxygen atoms in total. The zero-order valence-electron chi connectivity index (χ0n) is 14.7. The molecule has 1 aliphatic heterocycles. The van der Waals surface area contributed by atoms with Crippen LogP contribution in [0.4, 0.5) is 5.69 Å². The summed E-state index contributed by atoms with van der Waals surface area (Å²) in [6.07, 6.45) is 4.14. The first-order valence-electron chi connectivity index (χ1n) is 9.17. The molecular weight excluding hydrogens is 352 g/mol. The Kier molecular flexibility index (Phi) is 5.24. The van der Waals surface area contributed by atoms with Crippen molar-refractivity contribution in [3.63, 3.8) is 0 Å². The number of aromatic nitrogens is 2. The first-order chi connectivity index (χ1) is 12.7. The number of hydrogen-bond acceptors (Lipinski definition) is 4. The van der Waals surface area contributed by atoms with E-state index in [0.717, 1.165) is 75.4 Å². The number of nitrogens with zero attached hydrogens (tertiary/aromatic N) is 2. The van der Waals surface area contributed by atoms with Crippen LogP contribution in [0.5, 0.6) is 0 Å². The van der Waals surface area contributed by atoms with Crippen molar-refractivity contribution in [3.05, 3.63) is 45.7 Å². The minimum Gasteiger partial charge on any atom is -0.379 e. The van der Waals surface area contributed by atoms with E-state index in [1.807, 2.05) is 18.2 Å². The number of aromatic amines is 1. The van der Waals surface area contributed by atoms with Crippen LogP contribution in [0.25, 0.3) is 0 Å². The van der Waals surface area contributed by atoms with Gasteiger partial charge in [0, 0.05) is 41.6 Å². The van der Waals surface area contributed by atoms with E-state index in [4.69, 9.17) is 16.3 Å². The average molecular weight is 375 g/mol. The van der Waals surface area contributed by atoms with Crippen LogP contribution < -0.4 is 5.32 Å². The van der Waals surface area contributed by atoms with Gasteiger partial charge < -0.3 is 10.1 Å². The molecule has 2 aliphatic rings. The highest BCUT2D eigenvalue weighted by atomic mass is 35.5. The third-order valence-corrected chi connectivity index (χ3v) is 5.43. The molecule has 2 heterocycles. The fourth-order valence-corrected chi connectivity index (χ4v) is 3.85. The van der Waals surface area contributed by atoms with Crippen LogP contribution in [0.1, 0.15) is 40.2 Å². The Morgan fingerprint density at radius 3 is 2.88 bits per heavy atom. The number of morpholine rings is 1. The Morgan fingerprint density at radius 1 is 1.27 bits per heavy atom. The van der Waals surface area contributed by atoms with Crippen molar-refractivity contribution in [1.29, 1.82) is 0 Å². The van der Waals surface area contributed by atoms with Gasteiger partial charge in [0.15, 0.2) is 5.69 Å². The molecule has 0 unspecified atom stereocenters. The lowest BCUT2D eigenvalue weighted by molar-refractivity contribution is 0.0342. The second-order valence-electron chi connectivity index (χ2n) is 6.89. The van der Waals surface area contributed by atoms with E-state index in [1.54, 1.807) is 0 Å². The molecule has 7 heteroatoms. The average Bonchev–Trinajstić information content (AvgIpc) is 3.09. The van der Waals surface area contributed by atoms with Gasteiger partial charge in [0.1, 0.15) is 0 Å². The molecule has 0 spiro atoms. The SMILES string of the molecule is O=C(Nc1ccc(CN2CCOCC2)c(Cl)c1)c1n[nH]c2c1CCCC2. The van der Waals surface area contributed by atoms with Crippen molar-refractivity contribution < 1.29 is 9.53 Å². The van der Waals surface area contributed by atoms with Gasteiger partial charge >= 0.3 is 0 Å². The van der Waals surface area contributed by atoms with Gasteiger partial charge in [0.05, 0.1) is 13.2 Å². The topological polar surface area (TPSA) is 70.2 Å². The number of benzene rings is 1. The summed E-state index contributed by atoms with van der Waals surface area (Å²) in [5.74, 6) is -0.179. The summed E-state index contributed by atoms with van der Waals surface area (Å²) in [7, 11) is 0. The molecule has 1 aromatic heterocycles. The number of amides is 1. The van der Waals surface area contributed by atoms with Crippen molar-refractivity contribution in [2.75, 3.05) is 31.6 Å². The molecule has 2 N–H and O–H groups in total. The third-order valence-electron chi connectivity index (χ3n) is 5.08. The fraction of sp³-hybridized carbons (Fsp3) is 0.474. The van der Waals surface area contributed by atoms with E-state index >= 15 is 0 Å². The van der Waals surface area contributed by atoms with Gasteiger partial charge in [-0.25, -0.2) is 0 Å². The third kappa shape index (κ3) is 3.77. The minimum atomic E-state index is -0.179. The Labute approximate surface area is 157 Å². The quantitative estimate of drug-likeness (QED) is 0.863. The van der Waals surface area contributed by atoms with Crippen LogP contribution >= 0.6 is 11.6 Å². The van der Waals surface area contributed by atoms with Crippen LogP contribution in [-0.2, 0) is 24.1 Å². The van der Waals surface area contributed by atoms with Crippen LogP contribution in [0.3, 0.4) is 0 Å². The van der Waals surface area contributed by atoms with E-state index in [9.17, 15) is 4.79 Å². The molecule has 0 radical (unpaired) electrons. The van der Waals surface area contributed by atoms with Gasteiger partial charge in [0.2, 0.25) is 0 Å². The van der Waals surface area contributed by atoms with Crippen LogP contribution in [0.15, 0.2) is 18.2 Å². The monoisotopic (exact) mass is 374 g/mol. The Morgan fingerprint density at radius 2 is 2.08 bits per heavy atom. The Hall–Kier alpha value is -1.89. The van der Waals surface area contributed by atoms with E-state index in [2.05, 4.69) is 20.4 Å². The predicted octanol–water partition coefficient (Wildman–Crippen LogP) is 3.03. The number of anilines is 1. The molecule has 1 aromatic carbocycles. The zero-order chi connectivity index (χ0) is 17.9. The van der Waals surface area contributed by atoms with Crippen LogP contribution in [-0.4, -0.2) is 47.3 Å². The molecule has 1 fully saturated rings. The Balaban J connectivity index is 1.44. The van der Waals surface area contributed by atoms with Gasteiger partial charge in [0.25, 0.3) is 5.91 Å². The lowest BCUT2D eigenvalue weighted by Crippen LogP contribution is -2.35. The molecule has 1 amide bonds. The second kappa shape index (κ2) is 7.78. The number of rotatable bonds is 4. The standard InChI is InChI=1S/C19H23ClN4O2/c20-16-11-14(6-5-13(16)12-24-7-9-26-10-8-24)21-19(25)18-15-3-1-2-4-17(15)22-23-18/h5-6,11H,1-4,7-10,12H2,(H,21,25)(H,22,23). The van der Waals surface area contributed by atoms with E-state index in [1.165, 1.54) is 0 Å². The van der Waals surface area contributed by atoms with Gasteiger partial charge in [-0.05, 0) is 43.4 Å². The van der Waals surface area contributed by atoms with E-state index < -0.39 is 0 Å². The molecule has 4 rings (SSSR count). The first kappa shape index (κ1) is 17.5. The molecule has 138 valence electrons. The number of carbonyl (C=O) groups excluding carboxylic acids is 1. The largest absolute Gasteiger partial charge is 0.379 e. The molecule has 2 aromatic rings. The summed E-state index contributed by atoms with van der Waals surface area (Å²) < 4.78 is 5.37. The Bertz CT molecular complexity index is 799. The summed E-state index contributed by atoms with van der Waals surface area (Å²) in [5, 5.41) is 10.8. The molecule has 0 bridgehead atoms. The van der Waals surface area contributed by atoms with Gasteiger partial charge in [-0.2, -0.15) is 5.10 Å². The summed E-state index contributed by atoms with van der Waals surface area (Å²) in [4.78, 5) is 14.9. The highest BCUT2D eigenvalue weighted by Crippen LogP contribution is 2.25. The van der Waals surface area contributed by atoms with Crippen molar-refractivity contribution >= 4 is 23.2 Å². The van der Waals surface area contributed by atoms with Crippen molar-refractivity contribution in [2.45, 2.75) is 32.2 Å². The van der Waals surface area contributed by atoms with Crippen molar-refractivity contribution in [2.24, 2.45) is 0 Å². The molecule has 0 saturated carbocycles. The van der Waals surface area contributed by atoms with Crippen molar-refractivity contribution in [3.8, 4) is 0 Å².